The highest BCUT2D eigenvalue weighted by Crippen LogP contribution is 2.38. The average Bonchev–Trinajstić information content (AvgIpc) is 2.58. The van der Waals surface area contributed by atoms with Gasteiger partial charge in [0.05, 0.1) is 19.8 Å². The Morgan fingerprint density at radius 2 is 1.84 bits per heavy atom. The minimum Gasteiger partial charge on any atom is -0.497 e. The van der Waals surface area contributed by atoms with Crippen LogP contribution in [0.2, 0.25) is 0 Å². The second-order valence-electron chi connectivity index (χ2n) is 4.90. The summed E-state index contributed by atoms with van der Waals surface area (Å²) >= 11 is -0.314. The first kappa shape index (κ1) is 19.0. The molecule has 0 saturated heterocycles. The van der Waals surface area contributed by atoms with E-state index < -0.39 is 11.4 Å². The summed E-state index contributed by atoms with van der Waals surface area (Å²) in [6.45, 7) is 0.0875. The van der Waals surface area contributed by atoms with E-state index in [0.717, 1.165) is 0 Å². The number of carbonyl (C=O) groups is 1. The van der Waals surface area contributed by atoms with Crippen molar-refractivity contribution in [1.82, 2.24) is 5.32 Å². The van der Waals surface area contributed by atoms with Crippen LogP contribution in [-0.4, -0.2) is 25.6 Å². The van der Waals surface area contributed by atoms with Crippen molar-refractivity contribution in [3.63, 3.8) is 0 Å². The third kappa shape index (κ3) is 5.32. The normalized spacial score (nSPS) is 11.1. The van der Waals surface area contributed by atoms with Gasteiger partial charge in [0, 0.05) is 17.0 Å². The molecule has 2 rings (SSSR count). The molecule has 0 radical (unpaired) electrons. The van der Waals surface area contributed by atoms with Gasteiger partial charge < -0.3 is 14.8 Å². The number of hydrogen-bond acceptors (Lipinski definition) is 4. The Labute approximate surface area is 147 Å². The molecule has 25 heavy (non-hydrogen) atoms. The lowest BCUT2D eigenvalue weighted by Crippen LogP contribution is -2.24. The highest BCUT2D eigenvalue weighted by Gasteiger charge is 2.31. The number of carbonyl (C=O) groups excluding carboxylic acids is 1. The van der Waals surface area contributed by atoms with Gasteiger partial charge in [-0.25, -0.2) is 0 Å². The van der Waals surface area contributed by atoms with Gasteiger partial charge in [0.15, 0.2) is 0 Å². The number of halogens is 3. The lowest BCUT2D eigenvalue weighted by atomic mass is 10.1. The largest absolute Gasteiger partial charge is 0.497 e. The first-order chi connectivity index (χ1) is 11.8. The van der Waals surface area contributed by atoms with Crippen LogP contribution in [0, 0.1) is 0 Å². The van der Waals surface area contributed by atoms with Crippen molar-refractivity contribution in [2.24, 2.45) is 0 Å². The summed E-state index contributed by atoms with van der Waals surface area (Å²) in [6, 6.07) is 10.7. The Bertz CT molecular complexity index is 750. The van der Waals surface area contributed by atoms with Gasteiger partial charge in [-0.1, -0.05) is 12.1 Å². The number of alkyl halides is 3. The fourth-order valence-corrected chi connectivity index (χ4v) is 2.83. The van der Waals surface area contributed by atoms with Crippen LogP contribution in [0.5, 0.6) is 11.5 Å². The molecule has 0 aromatic heterocycles. The molecular weight excluding hydrogens is 355 g/mol. The first-order valence-corrected chi connectivity index (χ1v) is 7.99. The van der Waals surface area contributed by atoms with E-state index in [9.17, 15) is 18.0 Å². The van der Waals surface area contributed by atoms with Crippen molar-refractivity contribution >= 4 is 17.7 Å². The molecule has 2 aromatic rings. The van der Waals surface area contributed by atoms with E-state index in [0.29, 0.717) is 17.1 Å². The molecule has 1 N–H and O–H groups in total. The second-order valence-corrected chi connectivity index (χ2v) is 6.01. The third-order valence-electron chi connectivity index (χ3n) is 3.28. The van der Waals surface area contributed by atoms with Gasteiger partial charge in [-0.15, -0.1) is 0 Å². The molecule has 0 heterocycles. The summed E-state index contributed by atoms with van der Waals surface area (Å²) in [5.74, 6) is 0.523. The molecule has 4 nitrogen and oxygen atoms in total. The molecule has 0 unspecified atom stereocenters. The highest BCUT2D eigenvalue weighted by atomic mass is 32.2. The van der Waals surface area contributed by atoms with Crippen LogP contribution in [0.3, 0.4) is 0 Å². The smallest absolute Gasteiger partial charge is 0.446 e. The third-order valence-corrected chi connectivity index (χ3v) is 4.09. The molecule has 0 aliphatic carbocycles. The average molecular weight is 371 g/mol. The van der Waals surface area contributed by atoms with Crippen molar-refractivity contribution in [1.29, 1.82) is 0 Å². The number of nitrogens with one attached hydrogen (secondary N) is 1. The van der Waals surface area contributed by atoms with Crippen LogP contribution in [0.25, 0.3) is 0 Å². The Morgan fingerprint density at radius 1 is 1.12 bits per heavy atom. The van der Waals surface area contributed by atoms with Gasteiger partial charge in [-0.2, -0.15) is 13.2 Å². The number of amides is 1. The summed E-state index contributed by atoms with van der Waals surface area (Å²) in [5.41, 5.74) is -3.85. The van der Waals surface area contributed by atoms with Crippen LogP contribution in [-0.2, 0) is 6.54 Å². The van der Waals surface area contributed by atoms with Crippen LogP contribution < -0.4 is 14.8 Å². The van der Waals surface area contributed by atoms with E-state index in [1.165, 1.54) is 38.5 Å². The summed E-state index contributed by atoms with van der Waals surface area (Å²) in [5, 5.41) is 2.61. The Balaban J connectivity index is 2.16. The molecule has 0 saturated carbocycles. The maximum Gasteiger partial charge on any atom is 0.446 e. The predicted molar refractivity (Wildman–Crippen MR) is 89.1 cm³/mol. The number of methoxy groups -OCH3 is 2. The van der Waals surface area contributed by atoms with Crippen molar-refractivity contribution in [3.05, 3.63) is 53.6 Å². The summed E-state index contributed by atoms with van der Waals surface area (Å²) < 4.78 is 48.2. The van der Waals surface area contributed by atoms with Gasteiger partial charge in [0.25, 0.3) is 5.91 Å². The van der Waals surface area contributed by atoms with Crippen LogP contribution in [0.4, 0.5) is 13.2 Å². The van der Waals surface area contributed by atoms with Crippen LogP contribution in [0.1, 0.15) is 15.9 Å². The summed E-state index contributed by atoms with van der Waals surface area (Å²) in [6.07, 6.45) is 0. The molecule has 0 spiro atoms. The van der Waals surface area contributed by atoms with E-state index >= 15 is 0 Å². The number of thioether (sulfide) groups is 1. The summed E-state index contributed by atoms with van der Waals surface area (Å²) in [7, 11) is 3.00. The number of rotatable bonds is 6. The molecular formula is C17H16F3NO3S. The van der Waals surface area contributed by atoms with Crippen molar-refractivity contribution in [3.8, 4) is 11.5 Å². The maximum absolute atomic E-state index is 12.6. The Kier molecular flexibility index (Phi) is 6.19. The quantitative estimate of drug-likeness (QED) is 0.772. The molecule has 134 valence electrons. The molecule has 0 bridgehead atoms. The first-order valence-electron chi connectivity index (χ1n) is 7.18. The molecule has 8 heteroatoms. The van der Waals surface area contributed by atoms with Gasteiger partial charge in [0.1, 0.15) is 11.5 Å². The zero-order valence-corrected chi connectivity index (χ0v) is 14.3. The number of ether oxygens (including phenoxy) is 2. The number of hydrogen-bond donors (Lipinski definition) is 1. The Morgan fingerprint density at radius 3 is 2.48 bits per heavy atom. The topological polar surface area (TPSA) is 47.6 Å². The van der Waals surface area contributed by atoms with Crippen LogP contribution in [0.15, 0.2) is 47.4 Å². The molecule has 2 aromatic carbocycles. The standard InChI is InChI=1S/C17H16F3NO3S/c1-23-12-7-8-14(24-2)11(9-12)10-21-16(22)13-5-3-4-6-15(13)25-17(18,19)20/h3-9H,10H2,1-2H3,(H,21,22). The fraction of sp³-hybridized carbons (Fsp3) is 0.235. The van der Waals surface area contributed by atoms with E-state index in [-0.39, 0.29) is 28.8 Å². The van der Waals surface area contributed by atoms with Crippen LogP contribution >= 0.6 is 11.8 Å². The van der Waals surface area contributed by atoms with Gasteiger partial charge in [0.2, 0.25) is 0 Å². The highest BCUT2D eigenvalue weighted by molar-refractivity contribution is 8.00. The maximum atomic E-state index is 12.6. The van der Waals surface area contributed by atoms with Gasteiger partial charge in [-0.05, 0) is 42.1 Å². The molecule has 0 fully saturated rings. The number of benzene rings is 2. The lowest BCUT2D eigenvalue weighted by Gasteiger charge is -2.13. The predicted octanol–water partition coefficient (Wildman–Crippen LogP) is 4.25. The van der Waals surface area contributed by atoms with Crippen molar-refractivity contribution in [2.45, 2.75) is 16.9 Å². The van der Waals surface area contributed by atoms with Gasteiger partial charge in [-0.3, -0.25) is 4.79 Å². The van der Waals surface area contributed by atoms with E-state index in [1.807, 2.05) is 0 Å². The lowest BCUT2D eigenvalue weighted by molar-refractivity contribution is -0.0328. The minimum atomic E-state index is -4.47. The molecule has 0 atom stereocenters. The fourth-order valence-electron chi connectivity index (χ4n) is 2.16. The van der Waals surface area contributed by atoms with Crippen molar-refractivity contribution in [2.75, 3.05) is 14.2 Å². The Hall–Kier alpha value is -2.35. The second kappa shape index (κ2) is 8.15. The molecule has 1 amide bonds. The molecule has 0 aliphatic heterocycles. The van der Waals surface area contributed by atoms with Gasteiger partial charge >= 0.3 is 5.51 Å². The SMILES string of the molecule is COc1ccc(OC)c(CNC(=O)c2ccccc2SC(F)(F)F)c1. The monoisotopic (exact) mass is 371 g/mol. The van der Waals surface area contributed by atoms with E-state index in [4.69, 9.17) is 9.47 Å². The zero-order chi connectivity index (χ0) is 18.4. The summed E-state index contributed by atoms with van der Waals surface area (Å²) in [4.78, 5) is 12.2. The van der Waals surface area contributed by atoms with Crippen molar-refractivity contribution < 1.29 is 27.4 Å². The molecule has 0 aliphatic rings. The zero-order valence-electron chi connectivity index (χ0n) is 13.5. The van der Waals surface area contributed by atoms with E-state index in [1.54, 1.807) is 18.2 Å². The minimum absolute atomic E-state index is 0.0355. The van der Waals surface area contributed by atoms with E-state index in [2.05, 4.69) is 5.32 Å².